The van der Waals surface area contributed by atoms with Crippen molar-refractivity contribution in [2.75, 3.05) is 0 Å². The van der Waals surface area contributed by atoms with Crippen molar-refractivity contribution in [2.24, 2.45) is 5.92 Å². The average molecular weight is 162 g/mol. The zero-order chi connectivity index (χ0) is 8.43. The number of carbonyl (C=O) groups is 1. The Kier molecular flexibility index (Phi) is 2.22. The number of allylic oxidation sites excluding steroid dienone is 1. The first-order valence-electron chi connectivity index (χ1n) is 3.37. The molecule has 11 heavy (non-hydrogen) atoms. The second-order valence-electron chi connectivity index (χ2n) is 2.64. The highest BCUT2D eigenvalue weighted by Gasteiger charge is 2.27. The third kappa shape index (κ3) is 1.76. The molecule has 1 aliphatic carbocycles. The minimum Gasteiger partial charge on any atom is -0.481 e. The maximum atomic E-state index is 11.9. The van der Waals surface area contributed by atoms with E-state index in [4.69, 9.17) is 5.11 Å². The van der Waals surface area contributed by atoms with Crippen LogP contribution >= 0.6 is 0 Å². The highest BCUT2D eigenvalue weighted by molar-refractivity contribution is 5.71. The highest BCUT2D eigenvalue weighted by Crippen LogP contribution is 2.33. The van der Waals surface area contributed by atoms with E-state index < -0.39 is 18.0 Å². The lowest BCUT2D eigenvalue weighted by Crippen LogP contribution is -2.08. The number of halogens is 2. The molecule has 1 unspecified atom stereocenters. The summed E-state index contributed by atoms with van der Waals surface area (Å²) in [7, 11) is 0. The summed E-state index contributed by atoms with van der Waals surface area (Å²) in [6.07, 6.45) is -1.09. The molecule has 4 heteroatoms. The van der Waals surface area contributed by atoms with E-state index in [1.165, 1.54) is 0 Å². The van der Waals surface area contributed by atoms with Crippen LogP contribution in [0.3, 0.4) is 0 Å². The summed E-state index contributed by atoms with van der Waals surface area (Å²) in [5.41, 5.74) is 0.0115. The zero-order valence-corrected chi connectivity index (χ0v) is 5.81. The van der Waals surface area contributed by atoms with Crippen LogP contribution in [0, 0.1) is 5.92 Å². The van der Waals surface area contributed by atoms with Crippen molar-refractivity contribution in [1.82, 2.24) is 0 Å². The van der Waals surface area contributed by atoms with Crippen LogP contribution in [0.25, 0.3) is 0 Å². The van der Waals surface area contributed by atoms with Gasteiger partial charge in [0, 0.05) is 0 Å². The van der Waals surface area contributed by atoms with Crippen LogP contribution in [-0.4, -0.2) is 11.1 Å². The molecule has 0 radical (unpaired) electrons. The van der Waals surface area contributed by atoms with Gasteiger partial charge in [-0.3, -0.25) is 4.79 Å². The Hall–Kier alpha value is -0.930. The minimum atomic E-state index is -1.70. The maximum absolute atomic E-state index is 11.9. The molecule has 0 spiro atoms. The number of carboxylic acid groups (broad SMARTS) is 1. The van der Waals surface area contributed by atoms with Crippen molar-refractivity contribution in [3.63, 3.8) is 0 Å². The Morgan fingerprint density at radius 3 is 2.45 bits per heavy atom. The van der Waals surface area contributed by atoms with Crippen molar-refractivity contribution >= 4 is 5.97 Å². The lowest BCUT2D eigenvalue weighted by Gasteiger charge is -1.97. The highest BCUT2D eigenvalue weighted by atomic mass is 19.3. The fourth-order valence-electron chi connectivity index (χ4n) is 1.23. The minimum absolute atomic E-state index is 0.0115. The Balaban J connectivity index is 2.61. The Morgan fingerprint density at radius 2 is 2.18 bits per heavy atom. The van der Waals surface area contributed by atoms with E-state index in [0.717, 1.165) is 0 Å². The third-order valence-corrected chi connectivity index (χ3v) is 1.90. The fourth-order valence-corrected chi connectivity index (χ4v) is 1.23. The molecular weight excluding hydrogens is 154 g/mol. The van der Waals surface area contributed by atoms with E-state index in [-0.39, 0.29) is 18.4 Å². The molecule has 1 saturated carbocycles. The monoisotopic (exact) mass is 162 g/mol. The lowest BCUT2D eigenvalue weighted by atomic mass is 10.1. The Labute approximate surface area is 62.5 Å². The average Bonchev–Trinajstić information content (AvgIpc) is 2.33. The van der Waals surface area contributed by atoms with Gasteiger partial charge in [-0.05, 0) is 24.8 Å². The zero-order valence-electron chi connectivity index (χ0n) is 5.81. The normalized spacial score (nSPS) is 23.8. The second kappa shape index (κ2) is 2.98. The van der Waals surface area contributed by atoms with Gasteiger partial charge in [-0.2, -0.15) is 8.78 Å². The molecule has 0 aromatic rings. The first-order chi connectivity index (χ1) is 5.11. The Bertz CT molecular complexity index is 206. The van der Waals surface area contributed by atoms with Crippen molar-refractivity contribution in [2.45, 2.75) is 19.3 Å². The second-order valence-corrected chi connectivity index (χ2v) is 2.64. The van der Waals surface area contributed by atoms with E-state index in [2.05, 4.69) is 0 Å². The predicted octanol–water partition coefficient (Wildman–Crippen LogP) is 2.02. The van der Waals surface area contributed by atoms with Gasteiger partial charge in [0.15, 0.2) is 0 Å². The van der Waals surface area contributed by atoms with Gasteiger partial charge in [-0.1, -0.05) is 0 Å². The van der Waals surface area contributed by atoms with Crippen LogP contribution in [0.1, 0.15) is 19.3 Å². The summed E-state index contributed by atoms with van der Waals surface area (Å²) in [5, 5.41) is 8.45. The van der Waals surface area contributed by atoms with Crippen molar-refractivity contribution in [3.8, 4) is 0 Å². The van der Waals surface area contributed by atoms with Crippen LogP contribution in [0.5, 0.6) is 0 Å². The molecule has 0 saturated heterocycles. The molecule has 0 bridgehead atoms. The van der Waals surface area contributed by atoms with Crippen molar-refractivity contribution < 1.29 is 18.7 Å². The molecule has 0 aromatic carbocycles. The topological polar surface area (TPSA) is 37.3 Å². The van der Waals surface area contributed by atoms with Crippen LogP contribution in [-0.2, 0) is 4.79 Å². The molecule has 1 atom stereocenters. The van der Waals surface area contributed by atoms with Crippen LogP contribution < -0.4 is 0 Å². The van der Waals surface area contributed by atoms with Gasteiger partial charge >= 0.3 is 5.97 Å². The van der Waals surface area contributed by atoms with Gasteiger partial charge in [-0.15, -0.1) is 0 Å². The molecule has 1 N–H and O–H groups in total. The van der Waals surface area contributed by atoms with E-state index >= 15 is 0 Å². The van der Waals surface area contributed by atoms with Crippen LogP contribution in [0.4, 0.5) is 8.78 Å². The quantitative estimate of drug-likeness (QED) is 0.640. The van der Waals surface area contributed by atoms with Gasteiger partial charge < -0.3 is 5.11 Å². The van der Waals surface area contributed by atoms with Crippen molar-refractivity contribution in [1.29, 1.82) is 0 Å². The number of hydrogen-bond acceptors (Lipinski definition) is 1. The molecule has 62 valence electrons. The predicted molar refractivity (Wildman–Crippen MR) is 34.2 cm³/mol. The molecule has 0 aliphatic heterocycles. The first-order valence-corrected chi connectivity index (χ1v) is 3.37. The van der Waals surface area contributed by atoms with Crippen molar-refractivity contribution in [3.05, 3.63) is 11.7 Å². The number of rotatable bonds is 1. The third-order valence-electron chi connectivity index (χ3n) is 1.90. The summed E-state index contributed by atoms with van der Waals surface area (Å²) < 4.78 is 23.7. The molecule has 0 amide bonds. The maximum Gasteiger partial charge on any atom is 0.306 e. The molecule has 1 aliphatic rings. The van der Waals surface area contributed by atoms with Crippen LogP contribution in [0.15, 0.2) is 11.7 Å². The van der Waals surface area contributed by atoms with Gasteiger partial charge in [-0.25, -0.2) is 0 Å². The number of hydrogen-bond donors (Lipinski definition) is 1. The lowest BCUT2D eigenvalue weighted by molar-refractivity contribution is -0.141. The summed E-state index contributed by atoms with van der Waals surface area (Å²) >= 11 is 0. The summed E-state index contributed by atoms with van der Waals surface area (Å²) in [6.45, 7) is 0. The first kappa shape index (κ1) is 8.17. The largest absolute Gasteiger partial charge is 0.481 e. The fraction of sp³-hybridized carbons (Fsp3) is 0.571. The van der Waals surface area contributed by atoms with E-state index in [1.54, 1.807) is 0 Å². The van der Waals surface area contributed by atoms with Gasteiger partial charge in [0.1, 0.15) is 0 Å². The molecule has 2 nitrogen and oxygen atoms in total. The van der Waals surface area contributed by atoms with E-state index in [0.29, 0.717) is 6.42 Å². The molecule has 0 heterocycles. The van der Waals surface area contributed by atoms with Gasteiger partial charge in [0.2, 0.25) is 0 Å². The number of aliphatic carboxylic acids is 1. The molecule has 0 aromatic heterocycles. The van der Waals surface area contributed by atoms with E-state index in [9.17, 15) is 13.6 Å². The molecular formula is C7H8F2O2. The number of carboxylic acids is 1. The van der Waals surface area contributed by atoms with Gasteiger partial charge in [0.25, 0.3) is 6.08 Å². The summed E-state index contributed by atoms with van der Waals surface area (Å²) in [4.78, 5) is 10.3. The Morgan fingerprint density at radius 1 is 1.55 bits per heavy atom. The van der Waals surface area contributed by atoms with Crippen LogP contribution in [0.2, 0.25) is 0 Å². The van der Waals surface area contributed by atoms with Gasteiger partial charge in [0.05, 0.1) is 5.92 Å². The summed E-state index contributed by atoms with van der Waals surface area (Å²) in [6, 6.07) is 0. The molecule has 1 rings (SSSR count). The van der Waals surface area contributed by atoms with E-state index in [1.807, 2.05) is 0 Å². The molecule has 1 fully saturated rings. The SMILES string of the molecule is O=C(O)C1CCC(=C(F)F)C1. The summed E-state index contributed by atoms with van der Waals surface area (Å²) in [5.74, 6) is -1.56. The standard InChI is InChI=1S/C7H8F2O2/c8-6(9)4-1-2-5(3-4)7(10)11/h5H,1-3H2,(H,10,11). The smallest absolute Gasteiger partial charge is 0.306 e.